The Hall–Kier alpha value is -3.32. The van der Waals surface area contributed by atoms with Gasteiger partial charge in [-0.05, 0) is 37.3 Å². The van der Waals surface area contributed by atoms with E-state index in [9.17, 15) is 4.79 Å². The fraction of sp³-hybridized carbons (Fsp3) is 0.150. The molecule has 0 unspecified atom stereocenters. The van der Waals surface area contributed by atoms with Crippen molar-refractivity contribution in [3.8, 4) is 11.5 Å². The van der Waals surface area contributed by atoms with Gasteiger partial charge in [0.25, 0.3) is 11.6 Å². The lowest BCUT2D eigenvalue weighted by Crippen LogP contribution is -2.17. The first-order valence-corrected chi connectivity index (χ1v) is 8.91. The lowest BCUT2D eigenvalue weighted by Gasteiger charge is -2.19. The predicted octanol–water partition coefficient (Wildman–Crippen LogP) is 4.76. The van der Waals surface area contributed by atoms with Crippen molar-refractivity contribution in [2.45, 2.75) is 6.92 Å². The van der Waals surface area contributed by atoms with E-state index in [0.29, 0.717) is 38.8 Å². The van der Waals surface area contributed by atoms with Crippen molar-refractivity contribution in [1.29, 1.82) is 0 Å². The maximum Gasteiger partial charge on any atom is 0.259 e. The highest BCUT2D eigenvalue weighted by Crippen LogP contribution is 2.34. The standard InChI is InChI=1S/C20H17ClN4O3/c1-11-17-12(10-15(16-8-5-9-27-16)23-20(17)28-24-11)19(26)22-14-7-4-6-13(21)18(14)25(2)3/h4-10H,1-3H3,(H,22,26). The molecule has 4 rings (SSSR count). The van der Waals surface area contributed by atoms with Gasteiger partial charge in [-0.15, -0.1) is 0 Å². The molecule has 0 aliphatic carbocycles. The van der Waals surface area contributed by atoms with E-state index in [1.54, 1.807) is 49.6 Å². The minimum atomic E-state index is -0.322. The number of rotatable bonds is 4. The highest BCUT2D eigenvalue weighted by atomic mass is 35.5. The van der Waals surface area contributed by atoms with Crippen molar-refractivity contribution >= 4 is 40.0 Å². The van der Waals surface area contributed by atoms with Gasteiger partial charge in [-0.2, -0.15) is 0 Å². The van der Waals surface area contributed by atoms with Crippen LogP contribution in [0.15, 0.2) is 51.6 Å². The summed E-state index contributed by atoms with van der Waals surface area (Å²) < 4.78 is 10.7. The summed E-state index contributed by atoms with van der Waals surface area (Å²) in [6.45, 7) is 1.77. The van der Waals surface area contributed by atoms with Crippen LogP contribution in [0.5, 0.6) is 0 Å². The fourth-order valence-corrected chi connectivity index (χ4v) is 3.43. The summed E-state index contributed by atoms with van der Waals surface area (Å²) in [7, 11) is 3.72. The molecular weight excluding hydrogens is 380 g/mol. The first-order chi connectivity index (χ1) is 13.5. The van der Waals surface area contributed by atoms with Crippen LogP contribution in [0.25, 0.3) is 22.6 Å². The molecule has 142 valence electrons. The zero-order valence-electron chi connectivity index (χ0n) is 15.5. The number of aryl methyl sites for hydroxylation is 1. The molecule has 0 aliphatic rings. The number of aromatic nitrogens is 2. The summed E-state index contributed by atoms with van der Waals surface area (Å²) in [5.74, 6) is 0.207. The van der Waals surface area contributed by atoms with E-state index in [2.05, 4.69) is 15.5 Å². The van der Waals surface area contributed by atoms with Gasteiger partial charge in [0.2, 0.25) is 0 Å². The van der Waals surface area contributed by atoms with Crippen LogP contribution in [-0.2, 0) is 0 Å². The highest BCUT2D eigenvalue weighted by molar-refractivity contribution is 6.34. The smallest absolute Gasteiger partial charge is 0.259 e. The van der Waals surface area contributed by atoms with Gasteiger partial charge in [0.1, 0.15) is 5.69 Å². The summed E-state index contributed by atoms with van der Waals surface area (Å²) in [6, 6.07) is 10.5. The van der Waals surface area contributed by atoms with Crippen LogP contribution in [0.1, 0.15) is 16.1 Å². The number of carbonyl (C=O) groups excluding carboxylic acids is 1. The second-order valence-corrected chi connectivity index (χ2v) is 6.87. The first-order valence-electron chi connectivity index (χ1n) is 8.54. The number of nitrogens with zero attached hydrogens (tertiary/aromatic N) is 3. The van der Waals surface area contributed by atoms with E-state index in [1.807, 2.05) is 19.0 Å². The lowest BCUT2D eigenvalue weighted by molar-refractivity contribution is 0.102. The minimum absolute atomic E-state index is 0.274. The van der Waals surface area contributed by atoms with Crippen LogP contribution in [0.4, 0.5) is 11.4 Å². The third-order valence-electron chi connectivity index (χ3n) is 4.32. The minimum Gasteiger partial charge on any atom is -0.463 e. The number of benzene rings is 1. The number of amides is 1. The van der Waals surface area contributed by atoms with Gasteiger partial charge in [-0.3, -0.25) is 4.79 Å². The Balaban J connectivity index is 1.82. The summed E-state index contributed by atoms with van der Waals surface area (Å²) in [6.07, 6.45) is 1.54. The molecule has 8 heteroatoms. The van der Waals surface area contributed by atoms with E-state index < -0.39 is 0 Å². The van der Waals surface area contributed by atoms with Gasteiger partial charge in [-0.1, -0.05) is 22.8 Å². The Kier molecular flexibility index (Phi) is 4.52. The number of carbonyl (C=O) groups is 1. The molecule has 0 spiro atoms. The van der Waals surface area contributed by atoms with Gasteiger partial charge >= 0.3 is 0 Å². The normalized spacial score (nSPS) is 11.0. The number of furan rings is 1. The summed E-state index contributed by atoms with van der Waals surface area (Å²) in [5, 5.41) is 7.99. The van der Waals surface area contributed by atoms with E-state index in [-0.39, 0.29) is 11.6 Å². The molecule has 3 heterocycles. The second-order valence-electron chi connectivity index (χ2n) is 6.47. The molecule has 0 atom stereocenters. The number of hydrogen-bond acceptors (Lipinski definition) is 6. The number of pyridine rings is 1. The van der Waals surface area contributed by atoms with E-state index in [1.165, 1.54) is 0 Å². The van der Waals surface area contributed by atoms with Crippen molar-refractivity contribution in [3.63, 3.8) is 0 Å². The molecule has 1 aromatic carbocycles. The summed E-state index contributed by atoms with van der Waals surface area (Å²) >= 11 is 6.31. The molecule has 1 N–H and O–H groups in total. The average molecular weight is 397 g/mol. The average Bonchev–Trinajstić information content (AvgIpc) is 3.31. The van der Waals surface area contributed by atoms with E-state index in [4.69, 9.17) is 20.5 Å². The van der Waals surface area contributed by atoms with Gasteiger partial charge in [0.05, 0.1) is 39.3 Å². The van der Waals surface area contributed by atoms with Crippen LogP contribution in [-0.4, -0.2) is 30.1 Å². The summed E-state index contributed by atoms with van der Waals surface area (Å²) in [5.41, 5.74) is 3.04. The van der Waals surface area contributed by atoms with Crippen LogP contribution in [0.3, 0.4) is 0 Å². The zero-order valence-corrected chi connectivity index (χ0v) is 16.2. The topological polar surface area (TPSA) is 84.4 Å². The van der Waals surface area contributed by atoms with Crippen molar-refractivity contribution in [2.24, 2.45) is 0 Å². The Morgan fingerprint density at radius 3 is 2.75 bits per heavy atom. The maximum absolute atomic E-state index is 13.2. The third-order valence-corrected chi connectivity index (χ3v) is 4.62. The highest BCUT2D eigenvalue weighted by Gasteiger charge is 2.21. The third kappa shape index (κ3) is 3.10. The molecule has 0 radical (unpaired) electrons. The molecular formula is C20H17ClN4O3. The van der Waals surface area contributed by atoms with Gasteiger partial charge < -0.3 is 19.2 Å². The number of hydrogen-bond donors (Lipinski definition) is 1. The SMILES string of the molecule is Cc1noc2nc(-c3ccco3)cc(C(=O)Nc3cccc(Cl)c3N(C)C)c12. The second kappa shape index (κ2) is 7.01. The van der Waals surface area contributed by atoms with Crippen molar-refractivity contribution in [3.05, 3.63) is 58.9 Å². The molecule has 3 aromatic heterocycles. The van der Waals surface area contributed by atoms with Crippen LogP contribution < -0.4 is 10.2 Å². The Morgan fingerprint density at radius 2 is 2.04 bits per heavy atom. The van der Waals surface area contributed by atoms with Crippen molar-refractivity contribution in [2.75, 3.05) is 24.3 Å². The number of fused-ring (bicyclic) bond motifs is 1. The molecule has 7 nitrogen and oxygen atoms in total. The monoisotopic (exact) mass is 396 g/mol. The molecule has 0 fully saturated rings. The molecule has 0 saturated carbocycles. The van der Waals surface area contributed by atoms with Crippen LogP contribution in [0, 0.1) is 6.92 Å². The number of anilines is 2. The number of halogens is 1. The predicted molar refractivity (Wildman–Crippen MR) is 108 cm³/mol. The Morgan fingerprint density at radius 1 is 1.21 bits per heavy atom. The molecule has 0 aliphatic heterocycles. The van der Waals surface area contributed by atoms with Crippen molar-refractivity contribution < 1.29 is 13.7 Å². The van der Waals surface area contributed by atoms with Gasteiger partial charge in [0, 0.05) is 14.1 Å². The Bertz CT molecular complexity index is 1170. The van der Waals surface area contributed by atoms with Gasteiger partial charge in [0.15, 0.2) is 5.76 Å². The Labute approximate surface area is 165 Å². The lowest BCUT2D eigenvalue weighted by atomic mass is 10.1. The first kappa shape index (κ1) is 18.1. The molecule has 4 aromatic rings. The van der Waals surface area contributed by atoms with Crippen molar-refractivity contribution in [1.82, 2.24) is 10.1 Å². The molecule has 0 saturated heterocycles. The zero-order chi connectivity index (χ0) is 19.8. The van der Waals surface area contributed by atoms with E-state index in [0.717, 1.165) is 5.69 Å². The molecule has 28 heavy (non-hydrogen) atoms. The number of nitrogens with one attached hydrogen (secondary N) is 1. The maximum atomic E-state index is 13.2. The quantitative estimate of drug-likeness (QED) is 0.535. The largest absolute Gasteiger partial charge is 0.463 e. The molecule has 0 bridgehead atoms. The van der Waals surface area contributed by atoms with Crippen LogP contribution in [0.2, 0.25) is 5.02 Å². The fourth-order valence-electron chi connectivity index (χ4n) is 3.08. The van der Waals surface area contributed by atoms with E-state index >= 15 is 0 Å². The van der Waals surface area contributed by atoms with Crippen LogP contribution >= 0.6 is 11.6 Å². The number of para-hydroxylation sites is 1. The van der Waals surface area contributed by atoms with Gasteiger partial charge in [-0.25, -0.2) is 4.98 Å². The summed E-state index contributed by atoms with van der Waals surface area (Å²) in [4.78, 5) is 19.4. The molecule has 1 amide bonds.